The number of carbonyl (C=O) groups is 1. The zero-order chi connectivity index (χ0) is 23.5. The predicted molar refractivity (Wildman–Crippen MR) is 131 cm³/mol. The maximum absolute atomic E-state index is 14.6. The van der Waals surface area contributed by atoms with Gasteiger partial charge in [0.15, 0.2) is 12.0 Å². The fourth-order valence-electron chi connectivity index (χ4n) is 8.76. The second-order valence-electron chi connectivity index (χ2n) is 12.1. The molecule has 0 bridgehead atoms. The number of Topliss-reactive ketones (excluding diaryl/α,β-unsaturated/α-hetero) is 1. The largest absolute Gasteiger partial charge is 0.314 e. The van der Waals surface area contributed by atoms with Crippen molar-refractivity contribution in [2.75, 3.05) is 13.1 Å². The Kier molecular flexibility index (Phi) is 5.64. The minimum atomic E-state index is -1.25. The van der Waals surface area contributed by atoms with Gasteiger partial charge in [-0.1, -0.05) is 44.2 Å². The number of ketones is 1. The lowest BCUT2D eigenvalue weighted by molar-refractivity contribution is -0.137. The van der Waals surface area contributed by atoms with Crippen molar-refractivity contribution in [1.29, 1.82) is 0 Å². The summed E-state index contributed by atoms with van der Waals surface area (Å²) in [6, 6.07) is 10.8. The van der Waals surface area contributed by atoms with Gasteiger partial charge in [-0.15, -0.1) is 0 Å². The number of hydrogen-bond acceptors (Lipinski definition) is 4. The lowest BCUT2D eigenvalue weighted by Gasteiger charge is -2.60. The molecule has 2 N–H and O–H groups in total. The van der Waals surface area contributed by atoms with Crippen molar-refractivity contribution in [3.8, 4) is 0 Å². The summed E-state index contributed by atoms with van der Waals surface area (Å²) in [5.74, 6) is 1.59. The molecule has 8 unspecified atom stereocenters. The van der Waals surface area contributed by atoms with Crippen LogP contribution in [0.4, 0.5) is 4.39 Å². The topological polar surface area (TPSA) is 50.4 Å². The van der Waals surface area contributed by atoms with Crippen LogP contribution in [0.15, 0.2) is 36.0 Å². The molecule has 0 aromatic heterocycles. The Morgan fingerprint density at radius 3 is 2.65 bits per heavy atom. The van der Waals surface area contributed by atoms with Crippen molar-refractivity contribution in [3.05, 3.63) is 41.6 Å². The van der Waals surface area contributed by atoms with Gasteiger partial charge in [-0.3, -0.25) is 15.1 Å². The van der Waals surface area contributed by atoms with Crippen LogP contribution in [0.2, 0.25) is 0 Å². The molecule has 4 nitrogen and oxygen atoms in total. The summed E-state index contributed by atoms with van der Waals surface area (Å²) >= 11 is 0. The van der Waals surface area contributed by atoms with Crippen LogP contribution in [0.5, 0.6) is 0 Å². The quantitative estimate of drug-likeness (QED) is 0.580. The van der Waals surface area contributed by atoms with Crippen LogP contribution < -0.4 is 10.8 Å². The number of fused-ring (bicyclic) bond motifs is 5. The molecule has 1 aromatic carbocycles. The maximum Gasteiger partial charge on any atom is 0.173 e. The van der Waals surface area contributed by atoms with Crippen LogP contribution >= 0.6 is 0 Å². The third-order valence-corrected chi connectivity index (χ3v) is 10.6. The molecule has 1 aliphatic heterocycles. The Morgan fingerprint density at radius 1 is 1.06 bits per heavy atom. The van der Waals surface area contributed by atoms with Crippen LogP contribution in [0.3, 0.4) is 0 Å². The first-order valence-corrected chi connectivity index (χ1v) is 13.5. The van der Waals surface area contributed by atoms with E-state index in [4.69, 9.17) is 4.84 Å². The van der Waals surface area contributed by atoms with E-state index in [0.29, 0.717) is 24.2 Å². The number of halogens is 1. The predicted octanol–water partition coefficient (Wildman–Crippen LogP) is 5.45. The molecular weight excluding hydrogens is 427 g/mol. The molecule has 6 rings (SSSR count). The fourth-order valence-corrected chi connectivity index (χ4v) is 8.76. The van der Waals surface area contributed by atoms with E-state index in [1.54, 1.807) is 0 Å². The highest BCUT2D eigenvalue weighted by atomic mass is 19.1. The van der Waals surface area contributed by atoms with Crippen molar-refractivity contribution in [2.45, 2.75) is 77.5 Å². The third-order valence-electron chi connectivity index (χ3n) is 10.6. The third kappa shape index (κ3) is 3.41. The number of hydroxylamine groups is 1. The van der Waals surface area contributed by atoms with Gasteiger partial charge in [0.25, 0.3) is 0 Å². The molecule has 0 amide bonds. The fraction of sp³-hybridized carbons (Fsp3) is 0.690. The van der Waals surface area contributed by atoms with Crippen LogP contribution in [-0.4, -0.2) is 31.1 Å². The maximum atomic E-state index is 14.6. The average molecular weight is 467 g/mol. The number of rotatable bonds is 4. The van der Waals surface area contributed by atoms with Crippen LogP contribution in [-0.2, 0) is 9.63 Å². The molecule has 1 aromatic rings. The van der Waals surface area contributed by atoms with Gasteiger partial charge in [-0.25, -0.2) is 4.39 Å². The molecule has 4 fully saturated rings. The highest BCUT2D eigenvalue weighted by Crippen LogP contribution is 2.67. The van der Waals surface area contributed by atoms with Gasteiger partial charge in [0.1, 0.15) is 0 Å². The minimum absolute atomic E-state index is 0.109. The summed E-state index contributed by atoms with van der Waals surface area (Å²) in [4.78, 5) is 18.9. The van der Waals surface area contributed by atoms with E-state index in [1.807, 2.05) is 0 Å². The van der Waals surface area contributed by atoms with Crippen LogP contribution in [0.1, 0.15) is 70.8 Å². The van der Waals surface area contributed by atoms with Crippen molar-refractivity contribution in [1.82, 2.24) is 10.8 Å². The van der Waals surface area contributed by atoms with Gasteiger partial charge in [0, 0.05) is 17.7 Å². The standard InChI is InChI=1S/C29H39FN2O2/c1-28-14-11-25(32-34-19-12-15-31-17-19)26(18-6-4-3-5-7-18)22(28)9-8-20-21(28)10-13-29(2)23(20)16-24(30)27(29)33/h3-7,19-24,31-32H,8-17H2,1-2H3. The zero-order valence-electron chi connectivity index (χ0n) is 20.6. The molecule has 1 heterocycles. The number of benzene rings is 1. The molecule has 1 saturated heterocycles. The first-order valence-electron chi connectivity index (χ1n) is 13.5. The van der Waals surface area contributed by atoms with Crippen molar-refractivity contribution >= 4 is 11.4 Å². The van der Waals surface area contributed by atoms with E-state index < -0.39 is 11.6 Å². The SMILES string of the molecule is CC12CCC3C(CCC4C(c5ccccc5)=C(NOC5CCNC5)CCC43C)C1CC(F)C2=O. The van der Waals surface area contributed by atoms with E-state index >= 15 is 0 Å². The van der Waals surface area contributed by atoms with E-state index in [1.165, 1.54) is 16.8 Å². The molecule has 3 saturated carbocycles. The van der Waals surface area contributed by atoms with Gasteiger partial charge in [0.2, 0.25) is 0 Å². The van der Waals surface area contributed by atoms with Crippen LogP contribution in [0.25, 0.3) is 5.57 Å². The summed E-state index contributed by atoms with van der Waals surface area (Å²) in [6.07, 6.45) is 6.69. The summed E-state index contributed by atoms with van der Waals surface area (Å²) in [6.45, 7) is 6.49. The van der Waals surface area contributed by atoms with Gasteiger partial charge in [-0.2, -0.15) is 0 Å². The lowest BCUT2D eigenvalue weighted by atomic mass is 9.44. The number of allylic oxidation sites excluding steroid dienone is 2. The monoisotopic (exact) mass is 466 g/mol. The van der Waals surface area contributed by atoms with Crippen LogP contribution in [0, 0.1) is 34.5 Å². The molecule has 5 heteroatoms. The molecule has 184 valence electrons. The summed E-state index contributed by atoms with van der Waals surface area (Å²) in [5, 5.41) is 3.38. The van der Waals surface area contributed by atoms with E-state index in [-0.39, 0.29) is 23.2 Å². The van der Waals surface area contributed by atoms with Gasteiger partial charge < -0.3 is 5.32 Å². The first kappa shape index (κ1) is 22.7. The molecule has 0 radical (unpaired) electrons. The number of alkyl halides is 1. The Bertz CT molecular complexity index is 974. The molecular formula is C29H39FN2O2. The number of nitrogens with one attached hydrogen (secondary N) is 2. The number of carbonyl (C=O) groups excluding carboxylic acids is 1. The van der Waals surface area contributed by atoms with E-state index in [9.17, 15) is 9.18 Å². The highest BCUT2D eigenvalue weighted by Gasteiger charge is 2.63. The van der Waals surface area contributed by atoms with Gasteiger partial charge in [0.05, 0.1) is 6.10 Å². The highest BCUT2D eigenvalue weighted by molar-refractivity contribution is 5.91. The smallest absolute Gasteiger partial charge is 0.173 e. The second-order valence-corrected chi connectivity index (χ2v) is 12.1. The van der Waals surface area contributed by atoms with E-state index in [0.717, 1.165) is 58.0 Å². The molecule has 34 heavy (non-hydrogen) atoms. The average Bonchev–Trinajstić information content (AvgIpc) is 3.45. The Labute approximate surface area is 203 Å². The molecule has 8 atom stereocenters. The zero-order valence-corrected chi connectivity index (χ0v) is 20.6. The summed E-state index contributed by atoms with van der Waals surface area (Å²) in [5.41, 5.74) is 7.15. The van der Waals surface area contributed by atoms with Crippen molar-refractivity contribution in [2.24, 2.45) is 34.5 Å². The Balaban J connectivity index is 1.33. The Hall–Kier alpha value is -1.72. The minimum Gasteiger partial charge on any atom is -0.314 e. The van der Waals surface area contributed by atoms with Crippen molar-refractivity contribution in [3.63, 3.8) is 0 Å². The lowest BCUT2D eigenvalue weighted by Crippen LogP contribution is -2.53. The summed E-state index contributed by atoms with van der Waals surface area (Å²) in [7, 11) is 0. The molecule has 5 aliphatic rings. The Morgan fingerprint density at radius 2 is 1.88 bits per heavy atom. The normalized spacial score (nSPS) is 43.9. The first-order chi connectivity index (χ1) is 16.4. The van der Waals surface area contributed by atoms with Crippen molar-refractivity contribution < 1.29 is 14.0 Å². The summed E-state index contributed by atoms with van der Waals surface area (Å²) < 4.78 is 14.6. The van der Waals surface area contributed by atoms with Gasteiger partial charge in [-0.05, 0) is 98.1 Å². The molecule has 0 spiro atoms. The van der Waals surface area contributed by atoms with E-state index in [2.05, 4.69) is 55.0 Å². The number of hydrogen-bond donors (Lipinski definition) is 2. The second kappa shape index (κ2) is 8.44. The van der Waals surface area contributed by atoms with Gasteiger partial charge >= 0.3 is 0 Å². The molecule has 4 aliphatic carbocycles.